The first-order valence-corrected chi connectivity index (χ1v) is 10.4. The standard InChI is InChI=1S/C24H21FN4O4/c1-32-20-5-3-13(10-17(20)25)18-12-16(23(26)30)22-21(27-18)15-4-2-14(11-19(15)28-22)24(31)29-6-8-33-9-7-29/h2-5,10-12,28H,6-9H2,1H3,(H2,26,30). The summed E-state index contributed by atoms with van der Waals surface area (Å²) >= 11 is 0. The van der Waals surface area contributed by atoms with Gasteiger partial charge in [-0.2, -0.15) is 0 Å². The van der Waals surface area contributed by atoms with E-state index in [9.17, 15) is 14.0 Å². The number of amides is 2. The van der Waals surface area contributed by atoms with Crippen LogP contribution in [0.1, 0.15) is 20.7 Å². The van der Waals surface area contributed by atoms with Crippen LogP contribution in [0.25, 0.3) is 33.2 Å². The van der Waals surface area contributed by atoms with Crippen LogP contribution in [0.15, 0.2) is 42.5 Å². The lowest BCUT2D eigenvalue weighted by Gasteiger charge is -2.26. The zero-order valence-electron chi connectivity index (χ0n) is 17.9. The highest BCUT2D eigenvalue weighted by atomic mass is 19.1. The van der Waals surface area contributed by atoms with Gasteiger partial charge in [-0.05, 0) is 42.5 Å². The zero-order chi connectivity index (χ0) is 23.1. The summed E-state index contributed by atoms with van der Waals surface area (Å²) < 4.78 is 24.6. The molecule has 0 spiro atoms. The molecule has 1 aliphatic rings. The Kier molecular flexibility index (Phi) is 5.18. The first kappa shape index (κ1) is 20.9. The number of pyridine rings is 1. The van der Waals surface area contributed by atoms with Gasteiger partial charge in [0.05, 0.1) is 42.6 Å². The molecule has 9 heteroatoms. The van der Waals surface area contributed by atoms with E-state index >= 15 is 0 Å². The molecule has 1 fully saturated rings. The topological polar surface area (TPSA) is 111 Å². The third kappa shape index (κ3) is 3.66. The van der Waals surface area contributed by atoms with Gasteiger partial charge in [0.2, 0.25) is 0 Å². The smallest absolute Gasteiger partial charge is 0.254 e. The summed E-state index contributed by atoms with van der Waals surface area (Å²) in [5.41, 5.74) is 8.89. The lowest BCUT2D eigenvalue weighted by Crippen LogP contribution is -2.40. The van der Waals surface area contributed by atoms with Gasteiger partial charge in [-0.15, -0.1) is 0 Å². The van der Waals surface area contributed by atoms with Gasteiger partial charge in [-0.25, -0.2) is 9.37 Å². The third-order valence-electron chi connectivity index (χ3n) is 5.81. The average molecular weight is 448 g/mol. The second-order valence-corrected chi connectivity index (χ2v) is 7.78. The van der Waals surface area contributed by atoms with Gasteiger partial charge in [-0.3, -0.25) is 9.59 Å². The number of primary amides is 1. The number of nitrogens with one attached hydrogen (secondary N) is 1. The molecular weight excluding hydrogens is 427 g/mol. The normalized spacial score (nSPS) is 14.1. The molecular formula is C24H21FN4O4. The maximum Gasteiger partial charge on any atom is 0.254 e. The molecule has 2 aromatic carbocycles. The number of fused-ring (bicyclic) bond motifs is 3. The van der Waals surface area contributed by atoms with Crippen molar-refractivity contribution in [3.63, 3.8) is 0 Å². The van der Waals surface area contributed by atoms with Gasteiger partial charge in [0.15, 0.2) is 11.6 Å². The predicted molar refractivity (Wildman–Crippen MR) is 121 cm³/mol. The van der Waals surface area contributed by atoms with Crippen molar-refractivity contribution in [2.45, 2.75) is 0 Å². The highest BCUT2D eigenvalue weighted by Crippen LogP contribution is 2.32. The van der Waals surface area contributed by atoms with Gasteiger partial charge in [0, 0.05) is 35.1 Å². The first-order valence-electron chi connectivity index (χ1n) is 10.4. The Labute approximate surface area is 188 Å². The molecule has 2 amide bonds. The van der Waals surface area contributed by atoms with Gasteiger partial charge >= 0.3 is 0 Å². The Morgan fingerprint density at radius 2 is 1.94 bits per heavy atom. The summed E-state index contributed by atoms with van der Waals surface area (Å²) in [6, 6.07) is 11.3. The van der Waals surface area contributed by atoms with Gasteiger partial charge < -0.3 is 25.1 Å². The number of hydrogen-bond acceptors (Lipinski definition) is 5. The van der Waals surface area contributed by atoms with Crippen LogP contribution >= 0.6 is 0 Å². The van der Waals surface area contributed by atoms with Gasteiger partial charge in [-0.1, -0.05) is 0 Å². The molecule has 0 bridgehead atoms. The SMILES string of the molecule is COc1ccc(-c2cc(C(N)=O)c3[nH]c4cc(C(=O)N5CCOCC5)ccc4c3n2)cc1F. The van der Waals surface area contributed by atoms with Crippen molar-refractivity contribution >= 4 is 33.8 Å². The van der Waals surface area contributed by atoms with Gasteiger partial charge in [0.1, 0.15) is 0 Å². The average Bonchev–Trinajstić information content (AvgIpc) is 3.21. The van der Waals surface area contributed by atoms with Crippen molar-refractivity contribution < 1.29 is 23.5 Å². The Morgan fingerprint density at radius 3 is 2.64 bits per heavy atom. The fourth-order valence-corrected chi connectivity index (χ4v) is 4.11. The Balaban J connectivity index is 1.64. The molecule has 3 heterocycles. The molecule has 1 saturated heterocycles. The number of aromatic amines is 1. The molecule has 5 rings (SSSR count). The van der Waals surface area contributed by atoms with Crippen LogP contribution in [0.5, 0.6) is 5.75 Å². The summed E-state index contributed by atoms with van der Waals surface area (Å²) in [4.78, 5) is 34.7. The minimum Gasteiger partial charge on any atom is -0.494 e. The van der Waals surface area contributed by atoms with E-state index in [1.807, 2.05) is 0 Å². The second kappa shape index (κ2) is 8.18. The molecule has 0 unspecified atom stereocenters. The molecule has 3 N–H and O–H groups in total. The molecule has 0 aliphatic carbocycles. The number of ether oxygens (including phenoxy) is 2. The largest absolute Gasteiger partial charge is 0.494 e. The van der Waals surface area contributed by atoms with E-state index in [0.29, 0.717) is 59.7 Å². The maximum absolute atomic E-state index is 14.3. The highest BCUT2D eigenvalue weighted by Gasteiger charge is 2.21. The van der Waals surface area contributed by atoms with Crippen LogP contribution in [-0.2, 0) is 4.74 Å². The van der Waals surface area contributed by atoms with Crippen molar-refractivity contribution in [3.05, 3.63) is 59.4 Å². The van der Waals surface area contributed by atoms with E-state index < -0.39 is 11.7 Å². The number of nitrogens with two attached hydrogens (primary N) is 1. The highest BCUT2D eigenvalue weighted by molar-refractivity contribution is 6.14. The number of carbonyl (C=O) groups excluding carboxylic acids is 2. The van der Waals surface area contributed by atoms with Crippen molar-refractivity contribution in [2.75, 3.05) is 33.4 Å². The summed E-state index contributed by atoms with van der Waals surface area (Å²) in [5.74, 6) is -1.16. The monoisotopic (exact) mass is 448 g/mol. The van der Waals surface area contributed by atoms with Crippen molar-refractivity contribution in [3.8, 4) is 17.0 Å². The molecule has 8 nitrogen and oxygen atoms in total. The van der Waals surface area contributed by atoms with Crippen LogP contribution in [0.3, 0.4) is 0 Å². The number of morpholine rings is 1. The Bertz CT molecular complexity index is 1410. The van der Waals surface area contributed by atoms with Crippen molar-refractivity contribution in [2.24, 2.45) is 5.73 Å². The molecule has 2 aromatic heterocycles. The van der Waals surface area contributed by atoms with Crippen molar-refractivity contribution in [1.29, 1.82) is 0 Å². The number of H-pyrrole nitrogens is 1. The van der Waals surface area contributed by atoms with Crippen LogP contribution in [0.4, 0.5) is 4.39 Å². The third-order valence-corrected chi connectivity index (χ3v) is 5.81. The second-order valence-electron chi connectivity index (χ2n) is 7.78. The number of methoxy groups -OCH3 is 1. The number of nitrogens with zero attached hydrogens (tertiary/aromatic N) is 2. The minimum atomic E-state index is -0.645. The van der Waals surface area contributed by atoms with E-state index in [2.05, 4.69) is 9.97 Å². The number of benzene rings is 2. The van der Waals surface area contributed by atoms with E-state index in [0.717, 1.165) is 5.39 Å². The fraction of sp³-hybridized carbons (Fsp3) is 0.208. The van der Waals surface area contributed by atoms with E-state index in [4.69, 9.17) is 15.2 Å². The number of hydrogen-bond donors (Lipinski definition) is 2. The first-order chi connectivity index (χ1) is 16.0. The van der Waals surface area contributed by atoms with Crippen molar-refractivity contribution in [1.82, 2.24) is 14.9 Å². The Hall–Kier alpha value is -3.98. The maximum atomic E-state index is 14.3. The molecule has 168 valence electrons. The number of carbonyl (C=O) groups is 2. The fourth-order valence-electron chi connectivity index (χ4n) is 4.11. The summed E-state index contributed by atoms with van der Waals surface area (Å²) in [7, 11) is 1.39. The van der Waals surface area contributed by atoms with Gasteiger partial charge in [0.25, 0.3) is 11.8 Å². The van der Waals surface area contributed by atoms with Crippen LogP contribution in [-0.4, -0.2) is 60.1 Å². The Morgan fingerprint density at radius 1 is 1.15 bits per heavy atom. The molecule has 4 aromatic rings. The quantitative estimate of drug-likeness (QED) is 0.499. The summed E-state index contributed by atoms with van der Waals surface area (Å²) in [5, 5.41) is 0.724. The van der Waals surface area contributed by atoms with E-state index in [1.54, 1.807) is 29.2 Å². The summed E-state index contributed by atoms with van der Waals surface area (Å²) in [6.45, 7) is 2.11. The molecule has 0 atom stereocenters. The van der Waals surface area contributed by atoms with Crippen LogP contribution in [0, 0.1) is 5.82 Å². The summed E-state index contributed by atoms with van der Waals surface area (Å²) in [6.07, 6.45) is 0. The van der Waals surface area contributed by atoms with Crippen LogP contribution in [0.2, 0.25) is 0 Å². The number of halogens is 1. The molecule has 0 saturated carbocycles. The minimum absolute atomic E-state index is 0.0867. The molecule has 33 heavy (non-hydrogen) atoms. The predicted octanol–water partition coefficient (Wildman–Crippen LogP) is 3.10. The molecule has 1 aliphatic heterocycles. The zero-order valence-corrected chi connectivity index (χ0v) is 17.9. The lowest BCUT2D eigenvalue weighted by atomic mass is 10.1. The molecule has 0 radical (unpaired) electrons. The number of rotatable bonds is 4. The van der Waals surface area contributed by atoms with E-state index in [1.165, 1.54) is 25.3 Å². The lowest BCUT2D eigenvalue weighted by molar-refractivity contribution is 0.0303. The van der Waals surface area contributed by atoms with E-state index in [-0.39, 0.29) is 17.2 Å². The number of aromatic nitrogens is 2. The van der Waals surface area contributed by atoms with Crippen LogP contribution < -0.4 is 10.5 Å².